The molecule has 0 aliphatic carbocycles. The number of aliphatic carboxylic acids is 3. The van der Waals surface area contributed by atoms with Crippen LogP contribution in [0.2, 0.25) is 0 Å². The summed E-state index contributed by atoms with van der Waals surface area (Å²) in [6.07, 6.45) is 11.3. The molecule has 0 spiro atoms. The summed E-state index contributed by atoms with van der Waals surface area (Å²) in [7, 11) is 0. The Morgan fingerprint density at radius 3 is 1.53 bits per heavy atom. The number of hydrogen-bond donors (Lipinski definition) is 2. The summed E-state index contributed by atoms with van der Waals surface area (Å²) < 4.78 is -0.489. The number of quaternary nitrogens is 1. The fraction of sp³-hybridized carbons (Fsp3) is 0.783. The molecule has 30 heavy (non-hydrogen) atoms. The zero-order chi connectivity index (χ0) is 23.2. The van der Waals surface area contributed by atoms with Crippen LogP contribution in [0.25, 0.3) is 0 Å². The fourth-order valence-electron chi connectivity index (χ4n) is 4.66. The van der Waals surface area contributed by atoms with Gasteiger partial charge in [-0.1, -0.05) is 52.7 Å². The Hall–Kier alpha value is -1.89. The molecule has 0 aromatic heterocycles. The topological polar surface area (TPSA) is 115 Å². The number of rotatable bonds is 18. The van der Waals surface area contributed by atoms with E-state index in [4.69, 9.17) is 0 Å². The molecule has 0 heterocycles. The fourth-order valence-corrected chi connectivity index (χ4v) is 4.66. The van der Waals surface area contributed by atoms with Gasteiger partial charge >= 0.3 is 11.9 Å². The van der Waals surface area contributed by atoms with Gasteiger partial charge in [-0.25, -0.2) is 9.59 Å². The molecule has 0 aliphatic rings. The first-order valence-corrected chi connectivity index (χ1v) is 11.4. The van der Waals surface area contributed by atoms with Crippen molar-refractivity contribution in [2.24, 2.45) is 0 Å². The van der Waals surface area contributed by atoms with E-state index in [1.807, 2.05) is 0 Å². The maximum absolute atomic E-state index is 12.1. The minimum Gasteiger partial charge on any atom is -0.544 e. The molecule has 0 aliphatic heterocycles. The summed E-state index contributed by atoms with van der Waals surface area (Å²) in [5.74, 6) is -3.70. The van der Waals surface area contributed by atoms with E-state index in [2.05, 4.69) is 19.1 Å². The van der Waals surface area contributed by atoms with Crippen LogP contribution in [-0.2, 0) is 14.4 Å². The lowest BCUT2D eigenvalue weighted by atomic mass is 9.94. The number of carbonyl (C=O) groups excluding carboxylic acids is 1. The molecule has 3 atom stereocenters. The number of carbonyl (C=O) groups is 3. The number of carboxylic acid groups (broad SMARTS) is 3. The molecule has 7 nitrogen and oxygen atoms in total. The van der Waals surface area contributed by atoms with Gasteiger partial charge in [-0.05, 0) is 32.1 Å². The lowest BCUT2D eigenvalue weighted by Gasteiger charge is -2.51. The highest BCUT2D eigenvalue weighted by Gasteiger charge is 2.53. The summed E-state index contributed by atoms with van der Waals surface area (Å²) in [4.78, 5) is 36.2. The first-order valence-electron chi connectivity index (χ1n) is 11.4. The molecule has 0 radical (unpaired) electrons. The molecule has 2 N–H and O–H groups in total. The van der Waals surface area contributed by atoms with Crippen molar-refractivity contribution in [1.82, 2.24) is 0 Å². The number of allylic oxidation sites excluding steroid dienone is 2. The number of nitrogens with zero attached hydrogens (tertiary/aromatic N) is 1. The Morgan fingerprint density at radius 1 is 0.767 bits per heavy atom. The van der Waals surface area contributed by atoms with Crippen molar-refractivity contribution >= 4 is 17.9 Å². The summed E-state index contributed by atoms with van der Waals surface area (Å²) in [6, 6.07) is -3.41. The summed E-state index contributed by atoms with van der Waals surface area (Å²) in [5, 5.41) is 31.7. The van der Waals surface area contributed by atoms with Gasteiger partial charge in [-0.2, -0.15) is 0 Å². The Balaban J connectivity index is 5.70. The van der Waals surface area contributed by atoms with E-state index in [0.29, 0.717) is 6.42 Å². The predicted octanol–water partition coefficient (Wildman–Crippen LogP) is 3.36. The van der Waals surface area contributed by atoms with E-state index in [1.165, 1.54) is 12.8 Å². The zero-order valence-corrected chi connectivity index (χ0v) is 19.1. The molecule has 0 bridgehead atoms. The van der Waals surface area contributed by atoms with E-state index < -0.39 is 40.5 Å². The Morgan fingerprint density at radius 2 is 1.20 bits per heavy atom. The van der Waals surface area contributed by atoms with Gasteiger partial charge in [0.1, 0.15) is 6.04 Å². The maximum Gasteiger partial charge on any atom is 0.362 e. The summed E-state index contributed by atoms with van der Waals surface area (Å²) in [6.45, 7) is 7.33. The summed E-state index contributed by atoms with van der Waals surface area (Å²) in [5.41, 5.74) is 0. The van der Waals surface area contributed by atoms with Crippen LogP contribution in [0.3, 0.4) is 0 Å². The van der Waals surface area contributed by atoms with E-state index in [0.717, 1.165) is 25.7 Å². The quantitative estimate of drug-likeness (QED) is 0.197. The maximum atomic E-state index is 12.1. The Bertz CT molecular complexity index is 505. The van der Waals surface area contributed by atoms with E-state index in [1.54, 1.807) is 20.8 Å². The molecule has 0 saturated heterocycles. The van der Waals surface area contributed by atoms with Crippen molar-refractivity contribution in [2.45, 2.75) is 110 Å². The van der Waals surface area contributed by atoms with E-state index in [-0.39, 0.29) is 25.8 Å². The zero-order valence-electron chi connectivity index (χ0n) is 19.1. The lowest BCUT2D eigenvalue weighted by Crippen LogP contribution is -2.73. The van der Waals surface area contributed by atoms with Crippen LogP contribution in [0, 0.1) is 0 Å². The van der Waals surface area contributed by atoms with Crippen molar-refractivity contribution < 1.29 is 34.2 Å². The molecule has 0 saturated carbocycles. The van der Waals surface area contributed by atoms with Gasteiger partial charge in [0, 0.05) is 19.3 Å². The third-order valence-electron chi connectivity index (χ3n) is 6.05. The van der Waals surface area contributed by atoms with Gasteiger partial charge in [0.05, 0.1) is 12.5 Å². The van der Waals surface area contributed by atoms with Gasteiger partial charge in [-0.15, -0.1) is 0 Å². The predicted molar refractivity (Wildman–Crippen MR) is 115 cm³/mol. The average molecular weight is 428 g/mol. The van der Waals surface area contributed by atoms with Gasteiger partial charge in [0.2, 0.25) is 0 Å². The van der Waals surface area contributed by atoms with Crippen molar-refractivity contribution in [1.29, 1.82) is 0 Å². The second kappa shape index (κ2) is 15.0. The van der Waals surface area contributed by atoms with Gasteiger partial charge < -0.3 is 20.1 Å². The Kier molecular flexibility index (Phi) is 14.0. The molecular formula is C23H41NO6. The second-order valence-corrected chi connectivity index (χ2v) is 7.95. The van der Waals surface area contributed by atoms with E-state index >= 15 is 0 Å². The smallest absolute Gasteiger partial charge is 0.362 e. The molecule has 0 fully saturated rings. The van der Waals surface area contributed by atoms with Crippen LogP contribution >= 0.6 is 0 Å². The van der Waals surface area contributed by atoms with Crippen LogP contribution in [0.15, 0.2) is 12.2 Å². The number of unbranched alkanes of at least 4 members (excludes halogenated alkanes) is 5. The van der Waals surface area contributed by atoms with Crippen LogP contribution in [0.5, 0.6) is 0 Å². The van der Waals surface area contributed by atoms with Crippen molar-refractivity contribution in [3.8, 4) is 0 Å². The summed E-state index contributed by atoms with van der Waals surface area (Å²) >= 11 is 0. The standard InChI is InChI=1S/C23H41NO6/c1-5-9-10-11-12-13-14-15-16-17-24(18(6-2)21(25)26,19(7-3)22(27)28)20(8-4)23(29)30/h12-13,18-20H,5-11,14-17H2,1-4H3,(H2-,25,26,27,28,29,30)/b13-12+. The van der Waals surface area contributed by atoms with E-state index in [9.17, 15) is 29.7 Å². The molecule has 3 unspecified atom stereocenters. The molecule has 7 heteroatoms. The van der Waals surface area contributed by atoms with Gasteiger partial charge in [0.25, 0.3) is 0 Å². The highest BCUT2D eigenvalue weighted by Crippen LogP contribution is 2.32. The van der Waals surface area contributed by atoms with Crippen LogP contribution < -0.4 is 5.11 Å². The van der Waals surface area contributed by atoms with Crippen molar-refractivity contribution in [3.05, 3.63) is 12.2 Å². The highest BCUT2D eigenvalue weighted by atomic mass is 16.4. The van der Waals surface area contributed by atoms with Crippen LogP contribution in [0.4, 0.5) is 0 Å². The third-order valence-corrected chi connectivity index (χ3v) is 6.05. The minimum absolute atomic E-state index is 0.118. The molecule has 0 aromatic rings. The van der Waals surface area contributed by atoms with Crippen molar-refractivity contribution in [2.75, 3.05) is 6.54 Å². The van der Waals surface area contributed by atoms with Crippen LogP contribution in [-0.4, -0.2) is 57.3 Å². The van der Waals surface area contributed by atoms with Gasteiger partial charge in [-0.3, -0.25) is 4.48 Å². The molecular weight excluding hydrogens is 386 g/mol. The number of carboxylic acids is 3. The van der Waals surface area contributed by atoms with Gasteiger partial charge in [0.15, 0.2) is 12.1 Å². The average Bonchev–Trinajstić information content (AvgIpc) is 2.67. The SMILES string of the molecule is CCCCC/C=C/CCCC[N+](C(CC)C(=O)[O-])(C(CC)C(=O)O)C(CC)C(=O)O. The minimum atomic E-state index is -1.38. The largest absolute Gasteiger partial charge is 0.544 e. The molecule has 0 aromatic carbocycles. The normalized spacial score (nSPS) is 16.7. The van der Waals surface area contributed by atoms with Crippen molar-refractivity contribution in [3.63, 3.8) is 0 Å². The Labute approximate surface area is 181 Å². The first kappa shape index (κ1) is 28.1. The van der Waals surface area contributed by atoms with Crippen LogP contribution in [0.1, 0.15) is 91.9 Å². The first-order chi connectivity index (χ1) is 14.2. The number of hydrogen-bond acceptors (Lipinski definition) is 4. The molecule has 174 valence electrons. The second-order valence-electron chi connectivity index (χ2n) is 7.95. The molecule has 0 amide bonds. The lowest BCUT2D eigenvalue weighted by molar-refractivity contribution is -0.974. The monoisotopic (exact) mass is 427 g/mol. The molecule has 0 rings (SSSR count). The highest BCUT2D eigenvalue weighted by molar-refractivity contribution is 5.77. The third kappa shape index (κ3) is 7.74.